The van der Waals surface area contributed by atoms with E-state index in [1.54, 1.807) is 0 Å². The second-order valence-corrected chi connectivity index (χ2v) is 18.7. The zero-order valence-corrected chi connectivity index (χ0v) is 39.4. The van der Waals surface area contributed by atoms with Crippen LogP contribution in [0.4, 0.5) is 11.4 Å². The molecule has 0 amide bonds. The van der Waals surface area contributed by atoms with Gasteiger partial charge in [-0.2, -0.15) is 0 Å². The van der Waals surface area contributed by atoms with E-state index in [0.717, 1.165) is 64.0 Å². The third-order valence-corrected chi connectivity index (χ3v) is 9.90. The molecule has 1 aliphatic carbocycles. The van der Waals surface area contributed by atoms with E-state index in [9.17, 15) is 0 Å². The van der Waals surface area contributed by atoms with Crippen molar-refractivity contribution >= 4 is 69.1 Å². The standard InChI is InChI=1S/C45H57N5.4ClH.2Co/c1-28(2)36-19-14-20-37(29(3)4)44(36)47-32(9)40-26-25-34(27-46-40)43(49-35-17-12-11-13-18-35)42-24-16-23-41(50-42)33(10)48-45-38(30(5)6)21-15-22-39(45)31(7)8;;;;;;/h14-16,19-31,35H,11-13,17-18H2,1-10H3;4*1H;;/q;;;;;2*+2/p-4. The Balaban J connectivity index is 0.00000132. The fourth-order valence-electron chi connectivity index (χ4n) is 6.93. The van der Waals surface area contributed by atoms with E-state index in [0.29, 0.717) is 49.5 Å². The molecule has 2 heterocycles. The molecular weight excluding hydrogens is 870 g/mol. The molecule has 0 unspecified atom stereocenters. The van der Waals surface area contributed by atoms with Crippen molar-refractivity contribution in [2.45, 2.75) is 131 Å². The second kappa shape index (κ2) is 24.8. The number of nitrogens with zero attached hydrogens (tertiary/aromatic N) is 5. The van der Waals surface area contributed by atoms with Crippen molar-refractivity contribution in [3.8, 4) is 0 Å². The van der Waals surface area contributed by atoms with Crippen LogP contribution < -0.4 is 0 Å². The van der Waals surface area contributed by atoms with Crippen LogP contribution in [0.15, 0.2) is 87.9 Å². The summed E-state index contributed by atoms with van der Waals surface area (Å²) >= 11 is 0.764. The Morgan fingerprint density at radius 2 is 0.982 bits per heavy atom. The third kappa shape index (κ3) is 14.0. The molecule has 0 atom stereocenters. The van der Waals surface area contributed by atoms with Crippen LogP contribution in [0.1, 0.15) is 170 Å². The quantitative estimate of drug-likeness (QED) is 0.141. The summed E-state index contributed by atoms with van der Waals surface area (Å²) in [6, 6.07) is 23.9. The van der Waals surface area contributed by atoms with Gasteiger partial charge >= 0.3 is 66.4 Å². The molecule has 56 heavy (non-hydrogen) atoms. The minimum atomic E-state index is 0.287. The summed E-state index contributed by atoms with van der Waals surface area (Å²) in [4.78, 5) is 26.0. The monoisotopic (exact) mass is 925 g/mol. The van der Waals surface area contributed by atoms with Crippen LogP contribution in [0.5, 0.6) is 0 Å². The minimum absolute atomic E-state index is 0.287. The maximum absolute atomic E-state index is 5.38. The Morgan fingerprint density at radius 1 is 0.571 bits per heavy atom. The van der Waals surface area contributed by atoms with Gasteiger partial charge in [0, 0.05) is 11.8 Å². The first-order valence-corrected chi connectivity index (χ1v) is 25.1. The van der Waals surface area contributed by atoms with Crippen molar-refractivity contribution in [3.05, 3.63) is 118 Å². The molecule has 0 radical (unpaired) electrons. The Kier molecular flexibility index (Phi) is 21.3. The van der Waals surface area contributed by atoms with E-state index in [2.05, 4.69) is 136 Å². The van der Waals surface area contributed by atoms with Gasteiger partial charge in [0.05, 0.1) is 51.6 Å². The van der Waals surface area contributed by atoms with Gasteiger partial charge in [0.2, 0.25) is 0 Å². The molecule has 0 aliphatic heterocycles. The Morgan fingerprint density at radius 3 is 1.39 bits per heavy atom. The van der Waals surface area contributed by atoms with Crippen molar-refractivity contribution in [3.63, 3.8) is 0 Å². The molecule has 0 N–H and O–H groups in total. The molecule has 2 aromatic carbocycles. The van der Waals surface area contributed by atoms with E-state index >= 15 is 0 Å². The second-order valence-electron chi connectivity index (χ2n) is 15.3. The van der Waals surface area contributed by atoms with Gasteiger partial charge in [-0.3, -0.25) is 20.0 Å². The predicted molar refractivity (Wildman–Crippen MR) is 237 cm³/mol. The number of aliphatic imine (C=N–C) groups is 3. The van der Waals surface area contributed by atoms with E-state index in [-0.39, 0.29) is 6.04 Å². The first-order chi connectivity index (χ1) is 26.8. The molecule has 5 rings (SSSR count). The zero-order chi connectivity index (χ0) is 41.4. The summed E-state index contributed by atoms with van der Waals surface area (Å²) in [5.41, 5.74) is 13.5. The summed E-state index contributed by atoms with van der Waals surface area (Å²) in [7, 11) is 18.9. The van der Waals surface area contributed by atoms with Crippen LogP contribution in [-0.4, -0.2) is 33.1 Å². The number of hydrogen-bond donors (Lipinski definition) is 0. The number of pyridine rings is 2. The maximum atomic E-state index is 5.38. The van der Waals surface area contributed by atoms with Gasteiger partial charge in [-0.05, 0) is 96.9 Å². The molecule has 1 fully saturated rings. The molecule has 1 aliphatic rings. The van der Waals surface area contributed by atoms with Gasteiger partial charge in [0.25, 0.3) is 0 Å². The number of rotatable bonds is 11. The first kappa shape index (κ1) is 48.3. The van der Waals surface area contributed by atoms with Crippen molar-refractivity contribution in [1.82, 2.24) is 9.97 Å². The molecule has 0 spiro atoms. The van der Waals surface area contributed by atoms with Crippen molar-refractivity contribution in [1.29, 1.82) is 0 Å². The fourth-order valence-corrected chi connectivity index (χ4v) is 6.93. The number of aromatic nitrogens is 2. The number of halogens is 4. The average molecular weight is 928 g/mol. The molecule has 0 saturated heterocycles. The van der Waals surface area contributed by atoms with E-state index < -0.39 is 0 Å². The van der Waals surface area contributed by atoms with Crippen LogP contribution in [0.25, 0.3) is 0 Å². The molecule has 4 aromatic rings. The van der Waals surface area contributed by atoms with Gasteiger partial charge in [0.1, 0.15) is 0 Å². The number of para-hydroxylation sites is 2. The predicted octanol–water partition coefficient (Wildman–Crippen LogP) is 15.2. The summed E-state index contributed by atoms with van der Waals surface area (Å²) < 4.78 is 0. The van der Waals surface area contributed by atoms with Crippen LogP contribution in [0.3, 0.4) is 0 Å². The summed E-state index contributed by atoms with van der Waals surface area (Å²) in [5, 5.41) is 0. The van der Waals surface area contributed by atoms with Gasteiger partial charge in [0.15, 0.2) is 0 Å². The molecule has 11 heteroatoms. The number of hydrogen-bond acceptors (Lipinski definition) is 5. The van der Waals surface area contributed by atoms with Crippen molar-refractivity contribution < 1.29 is 25.8 Å². The van der Waals surface area contributed by atoms with Crippen LogP contribution >= 0.6 is 40.6 Å². The van der Waals surface area contributed by atoms with Gasteiger partial charge in [-0.25, -0.2) is 4.98 Å². The van der Waals surface area contributed by atoms with Crippen LogP contribution in [0.2, 0.25) is 0 Å². The van der Waals surface area contributed by atoms with Gasteiger partial charge in [-0.1, -0.05) is 117 Å². The summed E-state index contributed by atoms with van der Waals surface area (Å²) in [5.74, 6) is 1.52. The van der Waals surface area contributed by atoms with Crippen molar-refractivity contribution in [2.24, 2.45) is 15.0 Å². The Labute approximate surface area is 366 Å². The van der Waals surface area contributed by atoms with E-state index in [1.807, 2.05) is 6.20 Å². The fraction of sp³-hybridized carbons (Fsp3) is 0.444. The summed E-state index contributed by atoms with van der Waals surface area (Å²) in [6.45, 7) is 22.0. The molecule has 5 nitrogen and oxygen atoms in total. The Hall–Kier alpha value is -2.08. The molecule has 0 bridgehead atoms. The van der Waals surface area contributed by atoms with Crippen molar-refractivity contribution in [2.75, 3.05) is 0 Å². The topological polar surface area (TPSA) is 62.9 Å². The normalized spacial score (nSPS) is 14.4. The van der Waals surface area contributed by atoms with Crippen LogP contribution in [-0.2, 0) is 25.8 Å². The average Bonchev–Trinajstić information content (AvgIpc) is 3.18. The van der Waals surface area contributed by atoms with Gasteiger partial charge in [-0.15, -0.1) is 0 Å². The molecule has 1 saturated carbocycles. The van der Waals surface area contributed by atoms with E-state index in [1.165, 1.54) is 41.5 Å². The van der Waals surface area contributed by atoms with E-state index in [4.69, 9.17) is 65.5 Å². The zero-order valence-electron chi connectivity index (χ0n) is 34.3. The third-order valence-electron chi connectivity index (χ3n) is 9.90. The number of benzene rings is 2. The molecule has 2 aromatic heterocycles. The first-order valence-electron chi connectivity index (χ1n) is 19.3. The summed E-state index contributed by atoms with van der Waals surface area (Å²) in [6.07, 6.45) is 7.90. The molecule has 308 valence electrons. The van der Waals surface area contributed by atoms with Gasteiger partial charge < -0.3 is 0 Å². The molecular formula is C45H57Cl4Co2N5. The van der Waals surface area contributed by atoms with Crippen LogP contribution in [0, 0.1) is 0 Å². The SMILES string of the molecule is CC(=Nc1c(C(C)C)cccc1C(C)C)c1ccc(C(=NC2CCCCC2)c2cccc(C(C)=Nc3c(C(C)C)cccc3C(C)C)n2)cn1.[Cl][Co][Cl].[Cl][Co][Cl]. The Bertz CT molecular complexity index is 1860.